The maximum absolute atomic E-state index is 12.2. The number of aromatic nitrogens is 2. The van der Waals surface area contributed by atoms with E-state index in [1.54, 1.807) is 10.9 Å². The van der Waals surface area contributed by atoms with Crippen molar-refractivity contribution in [3.05, 3.63) is 70.4 Å². The Balaban J connectivity index is 1.66. The lowest BCUT2D eigenvalue weighted by molar-refractivity contribution is 0.1000. The predicted molar refractivity (Wildman–Crippen MR) is 109 cm³/mol. The molecule has 0 saturated carbocycles. The number of fused-ring (bicyclic) bond motifs is 1. The number of halogens is 1. The fraction of sp³-hybridized carbons (Fsp3) is 0.190. The second kappa shape index (κ2) is 7.58. The first-order valence-electron chi connectivity index (χ1n) is 8.87. The molecule has 0 fully saturated rings. The van der Waals surface area contributed by atoms with Crippen molar-refractivity contribution in [2.45, 2.75) is 6.61 Å². The summed E-state index contributed by atoms with van der Waals surface area (Å²) in [6.07, 6.45) is 1.75. The van der Waals surface area contributed by atoms with E-state index in [9.17, 15) is 4.79 Å². The van der Waals surface area contributed by atoms with Crippen LogP contribution in [-0.4, -0.2) is 34.4 Å². The van der Waals surface area contributed by atoms with Crippen LogP contribution in [0, 0.1) is 0 Å². The fourth-order valence-electron chi connectivity index (χ4n) is 3.23. The van der Waals surface area contributed by atoms with Crippen LogP contribution >= 0.6 is 11.6 Å². The Hall–Kier alpha value is -2.96. The van der Waals surface area contributed by atoms with Gasteiger partial charge in [0.15, 0.2) is 5.78 Å². The number of aliphatic imine (C=N–C) groups is 1. The maximum atomic E-state index is 12.2. The largest absolute Gasteiger partial charge is 0.473 e. The smallest absolute Gasteiger partial charge is 0.219 e. The first kappa shape index (κ1) is 18.4. The lowest BCUT2D eigenvalue weighted by atomic mass is 9.93. The number of nitrogens with two attached hydrogens (primary N) is 1. The molecular weight excluding hydrogens is 376 g/mol. The predicted octanol–water partition coefficient (Wildman–Crippen LogP) is 3.26. The molecule has 4 rings (SSSR count). The molecule has 2 heterocycles. The molecule has 0 amide bonds. The van der Waals surface area contributed by atoms with E-state index < -0.39 is 0 Å². The summed E-state index contributed by atoms with van der Waals surface area (Å²) in [4.78, 5) is 16.4. The Kier molecular flexibility index (Phi) is 4.98. The molecule has 6 nitrogen and oxygen atoms in total. The van der Waals surface area contributed by atoms with Crippen LogP contribution in [-0.2, 0) is 13.7 Å². The summed E-state index contributed by atoms with van der Waals surface area (Å²) in [5, 5.41) is 5.02. The molecule has 7 heteroatoms. The van der Waals surface area contributed by atoms with Crippen molar-refractivity contribution in [1.82, 2.24) is 9.78 Å². The summed E-state index contributed by atoms with van der Waals surface area (Å²) in [7, 11) is 1.83. The van der Waals surface area contributed by atoms with Gasteiger partial charge in [0.25, 0.3) is 0 Å². The van der Waals surface area contributed by atoms with Crippen molar-refractivity contribution in [2.24, 2.45) is 17.8 Å². The molecule has 1 aromatic heterocycles. The van der Waals surface area contributed by atoms with Gasteiger partial charge < -0.3 is 10.5 Å². The topological polar surface area (TPSA) is 82.5 Å². The number of rotatable bonds is 5. The summed E-state index contributed by atoms with van der Waals surface area (Å²) < 4.78 is 7.73. The third-order valence-electron chi connectivity index (χ3n) is 4.72. The Morgan fingerprint density at radius 3 is 2.68 bits per heavy atom. The number of aryl methyl sites for hydroxylation is 1. The highest BCUT2D eigenvalue weighted by Crippen LogP contribution is 2.32. The number of ether oxygens (including phenoxy) is 1. The van der Waals surface area contributed by atoms with Gasteiger partial charge in [0.1, 0.15) is 13.2 Å². The Morgan fingerprint density at radius 1 is 1.14 bits per heavy atom. The molecule has 1 aliphatic rings. The quantitative estimate of drug-likeness (QED) is 0.720. The first-order chi connectivity index (χ1) is 13.6. The van der Waals surface area contributed by atoms with Crippen LogP contribution in [0.1, 0.15) is 21.5 Å². The van der Waals surface area contributed by atoms with Gasteiger partial charge in [-0.2, -0.15) is 5.10 Å². The molecule has 0 unspecified atom stereocenters. The number of nitrogens with zero attached hydrogens (tertiary/aromatic N) is 3. The summed E-state index contributed by atoms with van der Waals surface area (Å²) in [5.74, 6) is 0.646. The van der Waals surface area contributed by atoms with E-state index in [4.69, 9.17) is 22.1 Å². The Bertz CT molecular complexity index is 1070. The van der Waals surface area contributed by atoms with Gasteiger partial charge in [-0.05, 0) is 29.3 Å². The van der Waals surface area contributed by atoms with Crippen LogP contribution in [0.15, 0.2) is 53.7 Å². The minimum absolute atomic E-state index is 0.00384. The molecule has 0 saturated heterocycles. The number of carbonyl (C=O) groups is 1. The van der Waals surface area contributed by atoms with E-state index in [1.807, 2.05) is 49.5 Å². The van der Waals surface area contributed by atoms with E-state index in [-0.39, 0.29) is 18.9 Å². The lowest BCUT2D eigenvalue weighted by Crippen LogP contribution is -2.24. The third kappa shape index (κ3) is 3.44. The number of ketones is 1. The molecule has 2 N–H and O–H groups in total. The summed E-state index contributed by atoms with van der Waals surface area (Å²) in [6.45, 7) is 0.834. The number of benzene rings is 2. The van der Waals surface area contributed by atoms with Crippen molar-refractivity contribution >= 4 is 23.1 Å². The third-order valence-corrected chi connectivity index (χ3v) is 4.97. The van der Waals surface area contributed by atoms with E-state index in [1.165, 1.54) is 0 Å². The number of carbonyl (C=O) groups excluding carboxylic acids is 1. The second-order valence-electron chi connectivity index (χ2n) is 6.55. The number of Topliss-reactive ketones (excluding diaryl/α,β-unsaturated/α-hetero) is 1. The standard InChI is InChI=1S/C21H19ClN4O2/c1-26-21(28-12-13-2-5-15(22)6-3-13)18(10-25-26)14-4-7-16-17(8-14)19(9-23)24-11-20(16)27/h2-8,10H,9,11-12,23H2,1H3. The van der Waals surface area contributed by atoms with Crippen molar-refractivity contribution in [1.29, 1.82) is 0 Å². The van der Waals surface area contributed by atoms with Crippen molar-refractivity contribution < 1.29 is 9.53 Å². The van der Waals surface area contributed by atoms with Crippen LogP contribution in [0.5, 0.6) is 5.88 Å². The molecule has 142 valence electrons. The molecule has 3 aromatic rings. The molecule has 2 aromatic carbocycles. The summed E-state index contributed by atoms with van der Waals surface area (Å²) in [5.41, 5.74) is 10.7. The van der Waals surface area contributed by atoms with Crippen molar-refractivity contribution in [2.75, 3.05) is 13.1 Å². The molecule has 0 radical (unpaired) electrons. The van der Waals surface area contributed by atoms with Gasteiger partial charge in [0.2, 0.25) is 5.88 Å². The number of hydrogen-bond acceptors (Lipinski definition) is 5. The molecule has 1 aliphatic heterocycles. The highest BCUT2D eigenvalue weighted by atomic mass is 35.5. The highest BCUT2D eigenvalue weighted by molar-refractivity contribution is 6.30. The second-order valence-corrected chi connectivity index (χ2v) is 6.99. The van der Waals surface area contributed by atoms with Crippen LogP contribution in [0.25, 0.3) is 11.1 Å². The highest BCUT2D eigenvalue weighted by Gasteiger charge is 2.22. The van der Waals surface area contributed by atoms with Gasteiger partial charge in [0, 0.05) is 29.7 Å². The monoisotopic (exact) mass is 394 g/mol. The maximum Gasteiger partial charge on any atom is 0.219 e. The molecular formula is C21H19ClN4O2. The van der Waals surface area contributed by atoms with Gasteiger partial charge in [-0.15, -0.1) is 0 Å². The minimum Gasteiger partial charge on any atom is -0.473 e. The molecule has 0 atom stereocenters. The zero-order valence-corrected chi connectivity index (χ0v) is 16.1. The van der Waals surface area contributed by atoms with Crippen molar-refractivity contribution in [3.63, 3.8) is 0 Å². The fourth-order valence-corrected chi connectivity index (χ4v) is 3.36. The molecule has 0 aliphatic carbocycles. The summed E-state index contributed by atoms with van der Waals surface area (Å²) in [6, 6.07) is 13.2. The van der Waals surface area contributed by atoms with Gasteiger partial charge in [-0.25, -0.2) is 4.68 Å². The van der Waals surface area contributed by atoms with Crippen LogP contribution in [0.3, 0.4) is 0 Å². The molecule has 0 bridgehead atoms. The van der Waals surface area contributed by atoms with Gasteiger partial charge in [-0.1, -0.05) is 35.9 Å². The average Bonchev–Trinajstić information content (AvgIpc) is 3.08. The first-order valence-corrected chi connectivity index (χ1v) is 9.25. The van der Waals surface area contributed by atoms with Gasteiger partial charge in [0.05, 0.1) is 17.5 Å². The molecule has 28 heavy (non-hydrogen) atoms. The van der Waals surface area contributed by atoms with Crippen LogP contribution in [0.2, 0.25) is 5.02 Å². The van der Waals surface area contributed by atoms with Crippen molar-refractivity contribution in [3.8, 4) is 17.0 Å². The van der Waals surface area contributed by atoms with E-state index in [2.05, 4.69) is 10.1 Å². The van der Waals surface area contributed by atoms with E-state index in [0.29, 0.717) is 23.1 Å². The zero-order valence-electron chi connectivity index (χ0n) is 15.4. The van der Waals surface area contributed by atoms with Crippen LogP contribution in [0.4, 0.5) is 0 Å². The summed E-state index contributed by atoms with van der Waals surface area (Å²) >= 11 is 5.94. The van der Waals surface area contributed by atoms with Gasteiger partial charge >= 0.3 is 0 Å². The van der Waals surface area contributed by atoms with E-state index >= 15 is 0 Å². The average molecular weight is 395 g/mol. The Morgan fingerprint density at radius 2 is 1.93 bits per heavy atom. The SMILES string of the molecule is Cn1ncc(-c2ccc3c(c2)C(CN)=NCC3=O)c1OCc1ccc(Cl)cc1. The Labute approximate surface area is 167 Å². The normalized spacial score (nSPS) is 13.2. The van der Waals surface area contributed by atoms with Gasteiger partial charge in [-0.3, -0.25) is 9.79 Å². The van der Waals surface area contributed by atoms with Crippen LogP contribution < -0.4 is 10.5 Å². The number of hydrogen-bond donors (Lipinski definition) is 1. The zero-order chi connectivity index (χ0) is 19.7. The molecule has 0 spiro atoms. The lowest BCUT2D eigenvalue weighted by Gasteiger charge is -2.16. The minimum atomic E-state index is 0.00384. The van der Waals surface area contributed by atoms with E-state index in [0.717, 1.165) is 28.0 Å².